The summed E-state index contributed by atoms with van der Waals surface area (Å²) in [6.07, 6.45) is 4.83. The van der Waals surface area contributed by atoms with Crippen LogP contribution in [-0.4, -0.2) is 118 Å². The molecule has 0 saturated carbocycles. The second-order valence-corrected chi connectivity index (χ2v) is 15.6. The number of hydrogen-bond acceptors (Lipinski definition) is 15. The van der Waals surface area contributed by atoms with E-state index in [0.29, 0.717) is 26.2 Å². The van der Waals surface area contributed by atoms with Gasteiger partial charge in [0.25, 0.3) is 11.7 Å². The number of phenols is 3. The average Bonchev–Trinajstić information content (AvgIpc) is 3.46. The normalized spacial score (nSPS) is 32.1. The summed E-state index contributed by atoms with van der Waals surface area (Å²) in [5.41, 5.74) is -0.364. The number of aliphatic hydroxyl groups is 2. The van der Waals surface area contributed by atoms with Crippen LogP contribution in [-0.2, 0) is 23.8 Å². The maximum absolute atomic E-state index is 14.4. The van der Waals surface area contributed by atoms with Crippen LogP contribution in [0.2, 0.25) is 0 Å². The number of fused-ring (bicyclic) bond motifs is 14. The summed E-state index contributed by atoms with van der Waals surface area (Å²) >= 11 is 0. The zero-order valence-corrected chi connectivity index (χ0v) is 34.4. The van der Waals surface area contributed by atoms with Crippen molar-refractivity contribution < 1.29 is 58.9 Å². The summed E-state index contributed by atoms with van der Waals surface area (Å²) in [4.78, 5) is 40.4. The second-order valence-electron chi connectivity index (χ2n) is 15.6. The SMILES string of the molecule is CO[C@H]1/C=C/O[C@@]2(C)Oc3c(C)c(O)c4c(O)c(c(/C=N\N5CCNCC5)c(O)c4c3C2=O)NC(=O)/C(C)=C\C=C\[C@@H](C)[C@H](O)[C@@H](C)[C@H](O)[C@@H](C)C(OC(C)=O)[C@@H]1C. The average molecular weight is 809 g/mol. The van der Waals surface area contributed by atoms with Crippen LogP contribution < -0.4 is 15.4 Å². The number of allylic oxidation sites excluding steroid dienone is 2. The molecule has 0 spiro atoms. The Labute approximate surface area is 337 Å². The molecule has 0 aliphatic carbocycles. The summed E-state index contributed by atoms with van der Waals surface area (Å²) in [5.74, 6) is -8.36. The Bertz CT molecular complexity index is 2040. The lowest BCUT2D eigenvalue weighted by molar-refractivity contribution is -0.160. The van der Waals surface area contributed by atoms with Crippen molar-refractivity contribution in [2.45, 2.75) is 85.6 Å². The van der Waals surface area contributed by atoms with Gasteiger partial charge in [0, 0.05) is 87.3 Å². The second kappa shape index (κ2) is 17.8. The summed E-state index contributed by atoms with van der Waals surface area (Å²) in [6.45, 7) is 14.9. The molecule has 1 amide bonds. The number of benzene rings is 2. The number of piperazine rings is 1. The Morgan fingerprint density at radius 1 is 0.966 bits per heavy atom. The highest BCUT2D eigenvalue weighted by atomic mass is 16.7. The molecule has 2 aromatic rings. The van der Waals surface area contributed by atoms with Crippen LogP contribution in [0.4, 0.5) is 5.69 Å². The lowest BCUT2D eigenvalue weighted by Crippen LogP contribution is -2.46. The number of nitrogens with one attached hydrogen (secondary N) is 2. The van der Waals surface area contributed by atoms with Crippen LogP contribution in [0.1, 0.15) is 70.0 Å². The van der Waals surface area contributed by atoms with E-state index in [0.717, 1.165) is 0 Å². The maximum Gasteiger partial charge on any atom is 0.312 e. The van der Waals surface area contributed by atoms with E-state index in [9.17, 15) is 39.9 Å². The van der Waals surface area contributed by atoms with Gasteiger partial charge in [-0.1, -0.05) is 45.9 Å². The molecule has 7 N–H and O–H groups in total. The molecule has 4 aliphatic heterocycles. The van der Waals surface area contributed by atoms with Gasteiger partial charge < -0.3 is 55.1 Å². The number of rotatable bonds is 4. The minimum atomic E-state index is -2.04. The van der Waals surface area contributed by atoms with Crippen LogP contribution >= 0.6 is 0 Å². The number of anilines is 1. The van der Waals surface area contributed by atoms with Crippen molar-refractivity contribution in [1.29, 1.82) is 0 Å². The Morgan fingerprint density at radius 3 is 2.28 bits per heavy atom. The Kier molecular flexibility index (Phi) is 13.5. The van der Waals surface area contributed by atoms with Crippen molar-refractivity contribution in [2.75, 3.05) is 38.6 Å². The molecule has 16 heteroatoms. The van der Waals surface area contributed by atoms with Gasteiger partial charge in [-0.25, -0.2) is 0 Å². The van der Waals surface area contributed by atoms with Crippen molar-refractivity contribution in [1.82, 2.24) is 10.3 Å². The first-order valence-electron chi connectivity index (χ1n) is 19.4. The molecule has 0 radical (unpaired) electrons. The summed E-state index contributed by atoms with van der Waals surface area (Å²) in [5, 5.41) is 69.8. The van der Waals surface area contributed by atoms with Crippen molar-refractivity contribution in [2.24, 2.45) is 28.8 Å². The van der Waals surface area contributed by atoms with Gasteiger partial charge in [0.15, 0.2) is 5.75 Å². The highest BCUT2D eigenvalue weighted by Crippen LogP contribution is 2.55. The van der Waals surface area contributed by atoms with Gasteiger partial charge in [0.05, 0.1) is 53.0 Å². The number of carbonyl (C=O) groups excluding carboxylic acids is 3. The molecule has 1 unspecified atom stereocenters. The number of Topliss-reactive ketones (excluding diaryl/α,β-unsaturated/α-hetero) is 1. The van der Waals surface area contributed by atoms with Gasteiger partial charge in [-0.15, -0.1) is 0 Å². The van der Waals surface area contributed by atoms with Gasteiger partial charge in [-0.2, -0.15) is 5.10 Å². The molecular formula is C42H56N4O12. The number of hydrogen-bond donors (Lipinski definition) is 7. The third-order valence-corrected chi connectivity index (χ3v) is 11.5. The molecule has 1 fully saturated rings. The fourth-order valence-electron chi connectivity index (χ4n) is 7.78. The Morgan fingerprint density at radius 2 is 1.64 bits per heavy atom. The van der Waals surface area contributed by atoms with Gasteiger partial charge in [0.1, 0.15) is 23.4 Å². The quantitative estimate of drug-likeness (QED) is 0.100. The molecule has 4 aliphatic rings. The first-order valence-corrected chi connectivity index (χ1v) is 19.4. The number of aliphatic hydroxyl groups excluding tert-OH is 2. The van der Waals surface area contributed by atoms with E-state index in [1.165, 1.54) is 59.4 Å². The third-order valence-electron chi connectivity index (χ3n) is 11.5. The van der Waals surface area contributed by atoms with Crippen LogP contribution in [0.25, 0.3) is 10.8 Å². The maximum atomic E-state index is 14.4. The number of hydrazone groups is 1. The summed E-state index contributed by atoms with van der Waals surface area (Å²) < 4.78 is 23.6. The number of amides is 1. The van der Waals surface area contributed by atoms with Crippen molar-refractivity contribution in [3.05, 3.63) is 52.8 Å². The molecule has 0 aromatic heterocycles. The van der Waals surface area contributed by atoms with Crippen molar-refractivity contribution in [3.63, 3.8) is 0 Å². The lowest BCUT2D eigenvalue weighted by Gasteiger charge is -2.38. The van der Waals surface area contributed by atoms with Crippen LogP contribution in [0.5, 0.6) is 23.0 Å². The molecule has 4 heterocycles. The number of aromatic hydroxyl groups is 3. The van der Waals surface area contributed by atoms with Crippen LogP contribution in [0, 0.1) is 30.6 Å². The van der Waals surface area contributed by atoms with Gasteiger partial charge in [-0.05, 0) is 19.9 Å². The Balaban J connectivity index is 1.71. The fourth-order valence-corrected chi connectivity index (χ4v) is 7.78. The molecule has 1 saturated heterocycles. The summed E-state index contributed by atoms with van der Waals surface area (Å²) in [7, 11) is 1.44. The van der Waals surface area contributed by atoms with E-state index >= 15 is 0 Å². The number of nitrogens with zero attached hydrogens (tertiary/aromatic N) is 2. The number of phenolic OH excluding ortho intramolecular Hbond substituents is 3. The topological polar surface area (TPSA) is 229 Å². The predicted molar refractivity (Wildman–Crippen MR) is 216 cm³/mol. The number of methoxy groups -OCH3 is 1. The zero-order valence-electron chi connectivity index (χ0n) is 34.4. The van der Waals surface area contributed by atoms with E-state index in [2.05, 4.69) is 15.7 Å². The highest BCUT2D eigenvalue weighted by molar-refractivity contribution is 6.23. The van der Waals surface area contributed by atoms with Gasteiger partial charge in [0.2, 0.25) is 0 Å². The van der Waals surface area contributed by atoms with E-state index < -0.39 is 88.8 Å². The van der Waals surface area contributed by atoms with Gasteiger partial charge in [-0.3, -0.25) is 19.4 Å². The largest absolute Gasteiger partial charge is 0.507 e. The highest BCUT2D eigenvalue weighted by Gasteiger charge is 2.50. The molecule has 58 heavy (non-hydrogen) atoms. The third kappa shape index (κ3) is 8.51. The first-order chi connectivity index (χ1) is 27.3. The minimum absolute atomic E-state index is 0.0544. The molecule has 5 bridgehead atoms. The molecular weight excluding hydrogens is 752 g/mol. The van der Waals surface area contributed by atoms with E-state index in [-0.39, 0.29) is 44.5 Å². The molecule has 6 rings (SSSR count). The zero-order chi connectivity index (χ0) is 42.8. The fraction of sp³-hybridized carbons (Fsp3) is 0.524. The number of carbonyl (C=O) groups is 3. The van der Waals surface area contributed by atoms with Gasteiger partial charge >= 0.3 is 11.8 Å². The van der Waals surface area contributed by atoms with E-state index in [1.807, 2.05) is 0 Å². The number of ether oxygens (including phenoxy) is 4. The lowest BCUT2D eigenvalue weighted by atomic mass is 9.78. The number of ketones is 1. The number of esters is 1. The van der Waals surface area contributed by atoms with Crippen LogP contribution in [0.3, 0.4) is 0 Å². The molecule has 2 aromatic carbocycles. The van der Waals surface area contributed by atoms with E-state index in [1.54, 1.807) is 44.9 Å². The Hall–Kier alpha value is -5.16. The molecule has 9 atom stereocenters. The van der Waals surface area contributed by atoms with E-state index in [4.69, 9.17) is 18.9 Å². The van der Waals surface area contributed by atoms with Crippen molar-refractivity contribution in [3.8, 4) is 23.0 Å². The van der Waals surface area contributed by atoms with Crippen LogP contribution in [0.15, 0.2) is 41.2 Å². The monoisotopic (exact) mass is 808 g/mol. The standard InChI is InChI=1S/C42H56N4O12/c1-20-11-10-12-21(2)41(54)45-32-27(19-44-46-16-14-43-15-17-46)36(51)29-30(37(32)52)35(50)25(6)39-31(29)40(53)42(8,58-39)56-18-13-28(55-9)22(3)38(57-26(7)47)24(5)34(49)23(4)33(20)48/h10-13,18-20,22-24,28,33-34,38,43,48-52H,14-17H2,1-9H3,(H,45,54)/b11-10+,18-13+,21-12-,44-19-/t20-,22-,23-,24-,28+,33+,34+,38?,42+/m1/s1. The predicted octanol–water partition coefficient (Wildman–Crippen LogP) is 3.99. The molecule has 316 valence electrons. The summed E-state index contributed by atoms with van der Waals surface area (Å²) in [6, 6.07) is 0. The minimum Gasteiger partial charge on any atom is -0.507 e. The first kappa shape index (κ1) is 44.0. The smallest absolute Gasteiger partial charge is 0.312 e. The molecule has 16 nitrogen and oxygen atoms in total. The van der Waals surface area contributed by atoms with Crippen molar-refractivity contribution >= 4 is 40.3 Å².